The van der Waals surface area contributed by atoms with Crippen molar-refractivity contribution >= 4 is 5.78 Å². The summed E-state index contributed by atoms with van der Waals surface area (Å²) in [5, 5.41) is 3.29. The Morgan fingerprint density at radius 3 is 2.29 bits per heavy atom. The molecule has 1 heterocycles. The van der Waals surface area contributed by atoms with E-state index in [1.807, 2.05) is 12.1 Å². The summed E-state index contributed by atoms with van der Waals surface area (Å²) in [4.78, 5) is 12.3. The Hall–Kier alpha value is -1.15. The van der Waals surface area contributed by atoms with Crippen molar-refractivity contribution in [3.63, 3.8) is 0 Å². The number of carbonyl (C=O) groups excluding carboxylic acids is 1. The first-order valence-electron chi connectivity index (χ1n) is 6.53. The highest BCUT2D eigenvalue weighted by molar-refractivity contribution is 5.97. The first kappa shape index (κ1) is 12.3. The van der Waals surface area contributed by atoms with Crippen LogP contribution < -0.4 is 5.32 Å². The molecule has 1 aliphatic rings. The van der Waals surface area contributed by atoms with Crippen molar-refractivity contribution in [1.29, 1.82) is 0 Å². The van der Waals surface area contributed by atoms with Crippen molar-refractivity contribution in [2.75, 3.05) is 13.1 Å². The molecule has 0 aliphatic carbocycles. The lowest BCUT2D eigenvalue weighted by Crippen LogP contribution is -2.31. The summed E-state index contributed by atoms with van der Waals surface area (Å²) < 4.78 is 0. The van der Waals surface area contributed by atoms with Crippen molar-refractivity contribution in [1.82, 2.24) is 5.32 Å². The Labute approximate surface area is 103 Å². The fourth-order valence-electron chi connectivity index (χ4n) is 2.35. The molecular weight excluding hydrogens is 210 g/mol. The number of benzene rings is 1. The second-order valence-electron chi connectivity index (χ2n) is 5.17. The van der Waals surface area contributed by atoms with Gasteiger partial charge in [-0.15, -0.1) is 0 Å². The molecule has 2 nitrogen and oxygen atoms in total. The highest BCUT2D eigenvalue weighted by Gasteiger charge is 2.21. The van der Waals surface area contributed by atoms with Crippen molar-refractivity contribution in [3.8, 4) is 0 Å². The van der Waals surface area contributed by atoms with Gasteiger partial charge in [0.15, 0.2) is 5.78 Å². The molecule has 0 saturated carbocycles. The molecule has 0 amide bonds. The van der Waals surface area contributed by atoms with Crippen LogP contribution in [0.4, 0.5) is 0 Å². The third-order valence-corrected chi connectivity index (χ3v) is 3.57. The van der Waals surface area contributed by atoms with Crippen LogP contribution in [0.3, 0.4) is 0 Å². The maximum absolute atomic E-state index is 12.3. The van der Waals surface area contributed by atoms with E-state index < -0.39 is 0 Å². The van der Waals surface area contributed by atoms with E-state index in [0.29, 0.717) is 11.7 Å². The van der Waals surface area contributed by atoms with Crippen LogP contribution >= 0.6 is 0 Å². The number of hydrogen-bond donors (Lipinski definition) is 1. The number of nitrogens with one attached hydrogen (secondary N) is 1. The number of carbonyl (C=O) groups is 1. The van der Waals surface area contributed by atoms with Gasteiger partial charge in [0.25, 0.3) is 0 Å². The fraction of sp³-hybridized carbons (Fsp3) is 0.533. The molecular formula is C15H21NO. The first-order chi connectivity index (χ1) is 8.18. The largest absolute Gasteiger partial charge is 0.317 e. The van der Waals surface area contributed by atoms with Crippen LogP contribution in [-0.2, 0) is 0 Å². The van der Waals surface area contributed by atoms with Crippen LogP contribution in [-0.4, -0.2) is 18.9 Å². The molecule has 1 N–H and O–H groups in total. The van der Waals surface area contributed by atoms with Crippen LogP contribution in [0.15, 0.2) is 24.3 Å². The van der Waals surface area contributed by atoms with Crippen molar-refractivity contribution < 1.29 is 4.79 Å². The van der Waals surface area contributed by atoms with E-state index in [0.717, 1.165) is 31.5 Å². The third kappa shape index (κ3) is 2.95. The zero-order chi connectivity index (χ0) is 12.3. The van der Waals surface area contributed by atoms with Gasteiger partial charge in [-0.2, -0.15) is 0 Å². The van der Waals surface area contributed by atoms with E-state index in [-0.39, 0.29) is 5.92 Å². The minimum atomic E-state index is 0.223. The lowest BCUT2D eigenvalue weighted by molar-refractivity contribution is 0.0895. The quantitative estimate of drug-likeness (QED) is 0.810. The fourth-order valence-corrected chi connectivity index (χ4v) is 2.35. The number of ketones is 1. The molecule has 0 radical (unpaired) electrons. The van der Waals surface area contributed by atoms with Gasteiger partial charge in [0.05, 0.1) is 0 Å². The van der Waals surface area contributed by atoms with Crippen LogP contribution in [0.2, 0.25) is 0 Å². The Balaban J connectivity index is 2.08. The van der Waals surface area contributed by atoms with Crippen molar-refractivity contribution in [3.05, 3.63) is 35.4 Å². The van der Waals surface area contributed by atoms with E-state index in [4.69, 9.17) is 0 Å². The minimum absolute atomic E-state index is 0.223. The normalized spacial score (nSPS) is 17.4. The Morgan fingerprint density at radius 2 is 1.76 bits per heavy atom. The van der Waals surface area contributed by atoms with E-state index in [1.165, 1.54) is 5.56 Å². The summed E-state index contributed by atoms with van der Waals surface area (Å²) in [6.45, 7) is 6.29. The molecule has 0 unspecified atom stereocenters. The second-order valence-corrected chi connectivity index (χ2v) is 5.17. The Morgan fingerprint density at radius 1 is 1.18 bits per heavy atom. The topological polar surface area (TPSA) is 29.1 Å². The molecule has 2 heteroatoms. The monoisotopic (exact) mass is 231 g/mol. The van der Waals surface area contributed by atoms with Gasteiger partial charge >= 0.3 is 0 Å². The maximum Gasteiger partial charge on any atom is 0.166 e. The molecule has 0 atom stereocenters. The van der Waals surface area contributed by atoms with E-state index >= 15 is 0 Å². The molecule has 2 rings (SSSR count). The van der Waals surface area contributed by atoms with Gasteiger partial charge < -0.3 is 5.32 Å². The predicted molar refractivity (Wildman–Crippen MR) is 70.5 cm³/mol. The van der Waals surface area contributed by atoms with Crippen LogP contribution in [0.5, 0.6) is 0 Å². The highest BCUT2D eigenvalue weighted by Crippen LogP contribution is 2.20. The molecule has 1 aliphatic heterocycles. The van der Waals surface area contributed by atoms with Gasteiger partial charge in [-0.3, -0.25) is 4.79 Å². The molecule has 0 aromatic heterocycles. The lowest BCUT2D eigenvalue weighted by Gasteiger charge is -2.21. The van der Waals surface area contributed by atoms with Gasteiger partial charge in [0.2, 0.25) is 0 Å². The minimum Gasteiger partial charge on any atom is -0.317 e. The summed E-state index contributed by atoms with van der Waals surface area (Å²) in [5.41, 5.74) is 2.17. The molecule has 1 aromatic rings. The lowest BCUT2D eigenvalue weighted by atomic mass is 9.89. The van der Waals surface area contributed by atoms with E-state index in [2.05, 4.69) is 31.3 Å². The van der Waals surface area contributed by atoms with Crippen LogP contribution in [0, 0.1) is 5.92 Å². The predicted octanol–water partition coefficient (Wildman–Crippen LogP) is 2.99. The summed E-state index contributed by atoms with van der Waals surface area (Å²) in [6.07, 6.45) is 1.95. The van der Waals surface area contributed by atoms with Gasteiger partial charge in [0.1, 0.15) is 0 Å². The van der Waals surface area contributed by atoms with Crippen LogP contribution in [0.1, 0.15) is 48.5 Å². The summed E-state index contributed by atoms with van der Waals surface area (Å²) >= 11 is 0. The highest BCUT2D eigenvalue weighted by atomic mass is 16.1. The standard InChI is InChI=1S/C15H21NO/c1-11(2)12-3-5-13(6-4-12)15(17)14-7-9-16-10-8-14/h3-6,11,14,16H,7-10H2,1-2H3. The zero-order valence-corrected chi connectivity index (χ0v) is 10.7. The average Bonchev–Trinajstić information content (AvgIpc) is 2.39. The number of hydrogen-bond acceptors (Lipinski definition) is 2. The molecule has 0 spiro atoms. The van der Waals surface area contributed by atoms with Gasteiger partial charge in [-0.1, -0.05) is 38.1 Å². The van der Waals surface area contributed by atoms with Crippen LogP contribution in [0.25, 0.3) is 0 Å². The maximum atomic E-state index is 12.3. The second kappa shape index (κ2) is 5.46. The zero-order valence-electron chi connectivity index (χ0n) is 10.7. The SMILES string of the molecule is CC(C)c1ccc(C(=O)C2CCNCC2)cc1. The number of Topliss-reactive ketones (excluding diaryl/α,β-unsaturated/α-hetero) is 1. The number of rotatable bonds is 3. The first-order valence-corrected chi connectivity index (χ1v) is 6.53. The average molecular weight is 231 g/mol. The van der Waals surface area contributed by atoms with Gasteiger partial charge in [-0.05, 0) is 37.4 Å². The smallest absolute Gasteiger partial charge is 0.166 e. The molecule has 1 aromatic carbocycles. The van der Waals surface area contributed by atoms with E-state index in [1.54, 1.807) is 0 Å². The summed E-state index contributed by atoms with van der Waals surface area (Å²) in [5.74, 6) is 1.07. The molecule has 1 saturated heterocycles. The van der Waals surface area contributed by atoms with Crippen molar-refractivity contribution in [2.45, 2.75) is 32.6 Å². The summed E-state index contributed by atoms with van der Waals surface area (Å²) in [7, 11) is 0. The van der Waals surface area contributed by atoms with Gasteiger partial charge in [0, 0.05) is 11.5 Å². The summed E-state index contributed by atoms with van der Waals surface area (Å²) in [6, 6.07) is 8.14. The van der Waals surface area contributed by atoms with E-state index in [9.17, 15) is 4.79 Å². The van der Waals surface area contributed by atoms with Gasteiger partial charge in [-0.25, -0.2) is 0 Å². The Kier molecular flexibility index (Phi) is 3.95. The Bertz CT molecular complexity index is 374. The number of piperidine rings is 1. The van der Waals surface area contributed by atoms with Crippen molar-refractivity contribution in [2.24, 2.45) is 5.92 Å². The molecule has 1 fully saturated rings. The molecule has 17 heavy (non-hydrogen) atoms. The third-order valence-electron chi connectivity index (χ3n) is 3.57. The molecule has 0 bridgehead atoms. The molecule has 92 valence electrons.